The second-order valence-electron chi connectivity index (χ2n) is 6.93. The third-order valence-corrected chi connectivity index (χ3v) is 5.00. The van der Waals surface area contributed by atoms with Crippen LogP contribution in [0.25, 0.3) is 0 Å². The Kier molecular flexibility index (Phi) is 5.69. The molecule has 0 heterocycles. The van der Waals surface area contributed by atoms with E-state index in [1.54, 1.807) is 7.11 Å². The van der Waals surface area contributed by atoms with Crippen LogP contribution in [0.15, 0.2) is 18.2 Å². The van der Waals surface area contributed by atoms with Gasteiger partial charge in [-0.25, -0.2) is 0 Å². The molecule has 2 nitrogen and oxygen atoms in total. The Hall–Kier alpha value is -1.02. The first-order valence-corrected chi connectivity index (χ1v) is 8.43. The predicted molar refractivity (Wildman–Crippen MR) is 89.9 cm³/mol. The van der Waals surface area contributed by atoms with Crippen LogP contribution in [0, 0.1) is 18.8 Å². The molecule has 2 heteroatoms. The zero-order chi connectivity index (χ0) is 15.4. The zero-order valence-corrected chi connectivity index (χ0v) is 14.3. The van der Waals surface area contributed by atoms with Crippen molar-refractivity contribution < 1.29 is 4.74 Å². The number of methoxy groups -OCH3 is 1. The fraction of sp³-hybridized carbons (Fsp3) is 0.684. The van der Waals surface area contributed by atoms with Crippen molar-refractivity contribution in [3.05, 3.63) is 29.3 Å². The highest BCUT2D eigenvalue weighted by atomic mass is 16.5. The molecule has 3 atom stereocenters. The van der Waals surface area contributed by atoms with E-state index in [4.69, 9.17) is 4.74 Å². The molecule has 0 aromatic heterocycles. The summed E-state index contributed by atoms with van der Waals surface area (Å²) >= 11 is 0. The average Bonchev–Trinajstić information content (AvgIpc) is 2.47. The van der Waals surface area contributed by atoms with Crippen LogP contribution in [0.1, 0.15) is 63.6 Å². The summed E-state index contributed by atoms with van der Waals surface area (Å²) in [4.78, 5) is 0. The van der Waals surface area contributed by atoms with Crippen LogP contribution in [0.4, 0.5) is 0 Å². The Morgan fingerprint density at radius 2 is 1.86 bits per heavy atom. The van der Waals surface area contributed by atoms with Crippen LogP contribution < -0.4 is 10.1 Å². The SMILES string of the molecule is COc1cc(C)ccc1C(C)NC1CCCCC1C(C)C. The Balaban J connectivity index is 2.11. The zero-order valence-electron chi connectivity index (χ0n) is 14.3. The maximum absolute atomic E-state index is 5.57. The first-order valence-electron chi connectivity index (χ1n) is 8.43. The lowest BCUT2D eigenvalue weighted by atomic mass is 9.77. The van der Waals surface area contributed by atoms with Gasteiger partial charge in [0.15, 0.2) is 0 Å². The molecule has 118 valence electrons. The van der Waals surface area contributed by atoms with Gasteiger partial charge in [0.05, 0.1) is 7.11 Å². The maximum atomic E-state index is 5.57. The van der Waals surface area contributed by atoms with Gasteiger partial charge in [-0.3, -0.25) is 0 Å². The van der Waals surface area contributed by atoms with Crippen LogP contribution in [-0.4, -0.2) is 13.2 Å². The summed E-state index contributed by atoms with van der Waals surface area (Å²) in [5.41, 5.74) is 2.52. The second kappa shape index (κ2) is 7.31. The Labute approximate surface area is 130 Å². The molecular formula is C19H31NO. The monoisotopic (exact) mass is 289 g/mol. The number of nitrogens with one attached hydrogen (secondary N) is 1. The van der Waals surface area contributed by atoms with Crippen LogP contribution in [0.3, 0.4) is 0 Å². The Morgan fingerprint density at radius 3 is 2.52 bits per heavy atom. The summed E-state index contributed by atoms with van der Waals surface area (Å²) in [6, 6.07) is 7.49. The van der Waals surface area contributed by atoms with Gasteiger partial charge < -0.3 is 10.1 Å². The molecule has 21 heavy (non-hydrogen) atoms. The third-order valence-electron chi connectivity index (χ3n) is 5.00. The largest absolute Gasteiger partial charge is 0.496 e. The summed E-state index contributed by atoms with van der Waals surface area (Å²) in [5, 5.41) is 3.88. The lowest BCUT2D eigenvalue weighted by Gasteiger charge is -2.37. The number of rotatable bonds is 5. The van der Waals surface area contributed by atoms with Crippen molar-refractivity contribution in [2.45, 2.75) is 65.5 Å². The van der Waals surface area contributed by atoms with Crippen LogP contribution in [0.2, 0.25) is 0 Å². The highest BCUT2D eigenvalue weighted by Crippen LogP contribution is 2.33. The molecule has 1 aliphatic rings. The highest BCUT2D eigenvalue weighted by molar-refractivity contribution is 5.39. The summed E-state index contributed by atoms with van der Waals surface area (Å²) in [6.07, 6.45) is 5.43. The lowest BCUT2D eigenvalue weighted by molar-refractivity contribution is 0.194. The van der Waals surface area contributed by atoms with E-state index in [-0.39, 0.29) is 0 Å². The van der Waals surface area contributed by atoms with Crippen LogP contribution >= 0.6 is 0 Å². The minimum absolute atomic E-state index is 0.338. The van der Waals surface area contributed by atoms with Crippen molar-refractivity contribution in [2.75, 3.05) is 7.11 Å². The van der Waals surface area contributed by atoms with E-state index in [2.05, 4.69) is 51.2 Å². The quantitative estimate of drug-likeness (QED) is 0.835. The Morgan fingerprint density at radius 1 is 1.14 bits per heavy atom. The molecule has 3 unspecified atom stereocenters. The van der Waals surface area contributed by atoms with Crippen molar-refractivity contribution in [1.82, 2.24) is 5.32 Å². The molecule has 0 bridgehead atoms. The molecule has 1 aromatic rings. The molecule has 2 rings (SSSR count). The second-order valence-corrected chi connectivity index (χ2v) is 6.93. The summed E-state index contributed by atoms with van der Waals surface area (Å²) < 4.78 is 5.57. The van der Waals surface area contributed by atoms with Gasteiger partial charge in [-0.2, -0.15) is 0 Å². The predicted octanol–water partition coefficient (Wildman–Crippen LogP) is 4.87. The van der Waals surface area contributed by atoms with E-state index >= 15 is 0 Å². The van der Waals surface area contributed by atoms with Crippen LogP contribution in [0.5, 0.6) is 5.75 Å². The Bertz CT molecular complexity index is 455. The van der Waals surface area contributed by atoms with E-state index < -0.39 is 0 Å². The van der Waals surface area contributed by atoms with E-state index in [9.17, 15) is 0 Å². The number of aryl methyl sites for hydroxylation is 1. The summed E-state index contributed by atoms with van der Waals surface area (Å²) in [5.74, 6) is 2.57. The van der Waals surface area contributed by atoms with E-state index in [1.165, 1.54) is 36.8 Å². The van der Waals surface area contributed by atoms with Crippen molar-refractivity contribution in [3.8, 4) is 5.75 Å². The highest BCUT2D eigenvalue weighted by Gasteiger charge is 2.28. The van der Waals surface area contributed by atoms with Gasteiger partial charge in [-0.05, 0) is 50.2 Å². The molecule has 0 amide bonds. The maximum Gasteiger partial charge on any atom is 0.123 e. The minimum atomic E-state index is 0.338. The number of ether oxygens (including phenoxy) is 1. The number of hydrogen-bond acceptors (Lipinski definition) is 2. The van der Waals surface area contributed by atoms with Crippen molar-refractivity contribution in [2.24, 2.45) is 11.8 Å². The molecule has 1 N–H and O–H groups in total. The minimum Gasteiger partial charge on any atom is -0.496 e. The molecule has 1 fully saturated rings. The van der Waals surface area contributed by atoms with Gasteiger partial charge >= 0.3 is 0 Å². The third kappa shape index (κ3) is 4.00. The van der Waals surface area contributed by atoms with Gasteiger partial charge in [-0.15, -0.1) is 0 Å². The molecule has 1 aromatic carbocycles. The first-order chi connectivity index (χ1) is 10.0. The van der Waals surface area contributed by atoms with E-state index in [1.807, 2.05) is 0 Å². The molecule has 1 saturated carbocycles. The molecular weight excluding hydrogens is 258 g/mol. The molecule has 0 radical (unpaired) electrons. The van der Waals surface area contributed by atoms with Gasteiger partial charge in [0.1, 0.15) is 5.75 Å². The van der Waals surface area contributed by atoms with E-state index in [0.29, 0.717) is 12.1 Å². The molecule has 0 saturated heterocycles. The van der Waals surface area contributed by atoms with Gasteiger partial charge in [-0.1, -0.05) is 38.8 Å². The first kappa shape index (κ1) is 16.4. The molecule has 1 aliphatic carbocycles. The molecule has 0 spiro atoms. The van der Waals surface area contributed by atoms with Gasteiger partial charge in [0.2, 0.25) is 0 Å². The van der Waals surface area contributed by atoms with Gasteiger partial charge in [0.25, 0.3) is 0 Å². The van der Waals surface area contributed by atoms with E-state index in [0.717, 1.165) is 17.6 Å². The normalized spacial score (nSPS) is 24.1. The summed E-state index contributed by atoms with van der Waals surface area (Å²) in [7, 11) is 1.77. The average molecular weight is 289 g/mol. The van der Waals surface area contributed by atoms with Crippen molar-refractivity contribution >= 4 is 0 Å². The standard InChI is InChI=1S/C19H31NO/c1-13(2)16-8-6-7-9-18(16)20-15(4)17-11-10-14(3)12-19(17)21-5/h10-13,15-16,18,20H,6-9H2,1-5H3. The summed E-state index contributed by atoms with van der Waals surface area (Å²) in [6.45, 7) is 9.10. The topological polar surface area (TPSA) is 21.3 Å². The fourth-order valence-corrected chi connectivity index (χ4v) is 3.75. The van der Waals surface area contributed by atoms with Crippen molar-refractivity contribution in [1.29, 1.82) is 0 Å². The number of hydrogen-bond donors (Lipinski definition) is 1. The smallest absolute Gasteiger partial charge is 0.123 e. The molecule has 0 aliphatic heterocycles. The van der Waals surface area contributed by atoms with Gasteiger partial charge in [0, 0.05) is 17.6 Å². The fourth-order valence-electron chi connectivity index (χ4n) is 3.75. The lowest BCUT2D eigenvalue weighted by Crippen LogP contribution is -2.42. The number of benzene rings is 1. The van der Waals surface area contributed by atoms with Crippen LogP contribution in [-0.2, 0) is 0 Å². The van der Waals surface area contributed by atoms with Crippen molar-refractivity contribution in [3.63, 3.8) is 0 Å².